The Hall–Kier alpha value is -0.670. The van der Waals surface area contributed by atoms with Crippen LogP contribution in [0, 0.1) is 0 Å². The third kappa shape index (κ3) is 1.25. The van der Waals surface area contributed by atoms with E-state index >= 15 is 0 Å². The minimum atomic E-state index is -0.549. The van der Waals surface area contributed by atoms with Crippen LogP contribution in [0.1, 0.15) is 13.3 Å². The van der Waals surface area contributed by atoms with Crippen LogP contribution in [-0.2, 0) is 0 Å². The summed E-state index contributed by atoms with van der Waals surface area (Å²) in [5, 5.41) is 0. The van der Waals surface area contributed by atoms with Gasteiger partial charge in [0.1, 0.15) is 5.66 Å². The molecule has 0 aromatic rings. The second-order valence-electron chi connectivity index (χ2n) is 2.63. The van der Waals surface area contributed by atoms with Gasteiger partial charge in [0.15, 0.2) is 0 Å². The molecule has 56 valence electrons. The highest BCUT2D eigenvalue weighted by atomic mass is 15.0. The van der Waals surface area contributed by atoms with Gasteiger partial charge >= 0.3 is 0 Å². The first-order valence-electron chi connectivity index (χ1n) is 3.39. The Bertz CT molecular complexity index is 179. The van der Waals surface area contributed by atoms with Crippen LogP contribution < -0.4 is 11.5 Å². The molecular formula is C7H13N3. The van der Waals surface area contributed by atoms with Crippen molar-refractivity contribution in [3.8, 4) is 0 Å². The number of rotatable bonds is 1. The zero-order valence-electron chi connectivity index (χ0n) is 6.17. The van der Waals surface area contributed by atoms with Crippen molar-refractivity contribution in [1.82, 2.24) is 0 Å². The highest BCUT2D eigenvalue weighted by Crippen LogP contribution is 2.17. The Morgan fingerprint density at radius 2 is 2.50 bits per heavy atom. The van der Waals surface area contributed by atoms with Gasteiger partial charge in [-0.05, 0) is 12.5 Å². The lowest BCUT2D eigenvalue weighted by molar-refractivity contribution is 0.564. The average molecular weight is 139 g/mol. The summed E-state index contributed by atoms with van der Waals surface area (Å²) in [7, 11) is 0. The first kappa shape index (κ1) is 7.44. The predicted molar refractivity (Wildman–Crippen MR) is 42.8 cm³/mol. The SMILES string of the molecule is CC1(N)N=CCC=C1CN. The molecule has 0 aliphatic carbocycles. The zero-order valence-corrected chi connectivity index (χ0v) is 6.17. The fourth-order valence-electron chi connectivity index (χ4n) is 1.02. The summed E-state index contributed by atoms with van der Waals surface area (Å²) in [6.07, 6.45) is 4.71. The minimum absolute atomic E-state index is 0.504. The Labute approximate surface area is 60.8 Å². The number of hydrogen-bond acceptors (Lipinski definition) is 3. The van der Waals surface area contributed by atoms with Crippen molar-refractivity contribution in [2.24, 2.45) is 16.5 Å². The maximum atomic E-state index is 5.79. The molecule has 0 aromatic heterocycles. The van der Waals surface area contributed by atoms with Crippen molar-refractivity contribution in [3.05, 3.63) is 11.6 Å². The molecule has 10 heavy (non-hydrogen) atoms. The van der Waals surface area contributed by atoms with Crippen molar-refractivity contribution in [2.45, 2.75) is 19.0 Å². The van der Waals surface area contributed by atoms with Crippen molar-refractivity contribution in [2.75, 3.05) is 6.54 Å². The number of allylic oxidation sites excluding steroid dienone is 1. The van der Waals surface area contributed by atoms with Gasteiger partial charge in [-0.2, -0.15) is 0 Å². The molecule has 1 aliphatic rings. The van der Waals surface area contributed by atoms with Gasteiger partial charge in [-0.1, -0.05) is 6.08 Å². The molecule has 0 aromatic carbocycles. The number of dihydropyridines is 1. The van der Waals surface area contributed by atoms with E-state index in [1.807, 2.05) is 19.2 Å². The lowest BCUT2D eigenvalue weighted by Gasteiger charge is -2.25. The molecule has 0 radical (unpaired) electrons. The van der Waals surface area contributed by atoms with Gasteiger partial charge < -0.3 is 11.5 Å². The molecule has 0 saturated heterocycles. The topological polar surface area (TPSA) is 64.4 Å². The van der Waals surface area contributed by atoms with Gasteiger partial charge in [0.2, 0.25) is 0 Å². The van der Waals surface area contributed by atoms with Crippen LogP contribution in [0.4, 0.5) is 0 Å². The van der Waals surface area contributed by atoms with Crippen LogP contribution in [-0.4, -0.2) is 18.4 Å². The normalized spacial score (nSPS) is 32.1. The number of hydrogen-bond donors (Lipinski definition) is 2. The molecule has 0 bridgehead atoms. The molecule has 1 aliphatic heterocycles. The van der Waals surface area contributed by atoms with E-state index in [-0.39, 0.29) is 0 Å². The molecule has 3 heteroatoms. The van der Waals surface area contributed by atoms with E-state index in [0.29, 0.717) is 6.54 Å². The predicted octanol–water partition coefficient (Wildman–Crippen LogP) is 0.0209. The standard InChI is InChI=1S/C7H13N3/c1-7(9)6(5-8)3-2-4-10-7/h3-4H,2,5,8-9H2,1H3. The molecule has 0 spiro atoms. The van der Waals surface area contributed by atoms with Crippen molar-refractivity contribution < 1.29 is 0 Å². The van der Waals surface area contributed by atoms with Gasteiger partial charge in [-0.25, -0.2) is 0 Å². The van der Waals surface area contributed by atoms with Crippen LogP contribution in [0.3, 0.4) is 0 Å². The lowest BCUT2D eigenvalue weighted by atomic mass is 10.00. The van der Waals surface area contributed by atoms with E-state index < -0.39 is 5.66 Å². The average Bonchev–Trinajstić information content (AvgIpc) is 1.87. The van der Waals surface area contributed by atoms with Crippen LogP contribution in [0.2, 0.25) is 0 Å². The van der Waals surface area contributed by atoms with Crippen LogP contribution in [0.25, 0.3) is 0 Å². The van der Waals surface area contributed by atoms with Gasteiger partial charge in [0, 0.05) is 19.2 Å². The molecule has 0 fully saturated rings. The third-order valence-corrected chi connectivity index (χ3v) is 1.70. The first-order chi connectivity index (χ1) is 4.67. The van der Waals surface area contributed by atoms with E-state index in [1.54, 1.807) is 0 Å². The van der Waals surface area contributed by atoms with Crippen molar-refractivity contribution in [3.63, 3.8) is 0 Å². The highest BCUT2D eigenvalue weighted by Gasteiger charge is 2.21. The molecule has 0 saturated carbocycles. The first-order valence-corrected chi connectivity index (χ1v) is 3.39. The van der Waals surface area contributed by atoms with E-state index in [4.69, 9.17) is 11.5 Å². The smallest absolute Gasteiger partial charge is 0.127 e. The summed E-state index contributed by atoms with van der Waals surface area (Å²) in [4.78, 5) is 4.12. The maximum absolute atomic E-state index is 5.79. The Morgan fingerprint density at radius 3 is 2.90 bits per heavy atom. The third-order valence-electron chi connectivity index (χ3n) is 1.70. The van der Waals surface area contributed by atoms with Crippen molar-refractivity contribution >= 4 is 6.21 Å². The van der Waals surface area contributed by atoms with E-state index in [9.17, 15) is 0 Å². The van der Waals surface area contributed by atoms with Crippen LogP contribution in [0.15, 0.2) is 16.6 Å². The molecule has 3 nitrogen and oxygen atoms in total. The van der Waals surface area contributed by atoms with Gasteiger partial charge in [0.05, 0.1) is 0 Å². The molecule has 1 unspecified atom stereocenters. The highest BCUT2D eigenvalue weighted by molar-refractivity contribution is 5.63. The summed E-state index contributed by atoms with van der Waals surface area (Å²) in [6, 6.07) is 0. The second kappa shape index (κ2) is 2.52. The molecule has 1 rings (SSSR count). The largest absolute Gasteiger partial charge is 0.327 e. The quantitative estimate of drug-likeness (QED) is 0.503. The summed E-state index contributed by atoms with van der Waals surface area (Å²) < 4.78 is 0. The Kier molecular flexibility index (Phi) is 1.87. The monoisotopic (exact) mass is 139 g/mol. The summed E-state index contributed by atoms with van der Waals surface area (Å²) in [5.41, 5.74) is 11.7. The fourth-order valence-corrected chi connectivity index (χ4v) is 1.02. The molecule has 0 amide bonds. The fraction of sp³-hybridized carbons (Fsp3) is 0.571. The van der Waals surface area contributed by atoms with Crippen LogP contribution >= 0.6 is 0 Å². The van der Waals surface area contributed by atoms with E-state index in [0.717, 1.165) is 12.0 Å². The van der Waals surface area contributed by atoms with Crippen molar-refractivity contribution in [1.29, 1.82) is 0 Å². The Balaban J connectivity index is 2.80. The van der Waals surface area contributed by atoms with Crippen LogP contribution in [0.5, 0.6) is 0 Å². The maximum Gasteiger partial charge on any atom is 0.127 e. The van der Waals surface area contributed by atoms with E-state index in [2.05, 4.69) is 4.99 Å². The molecule has 1 atom stereocenters. The molecule has 1 heterocycles. The number of aliphatic imine (C=N–C) groups is 1. The summed E-state index contributed by atoms with van der Waals surface area (Å²) >= 11 is 0. The van der Waals surface area contributed by atoms with E-state index in [1.165, 1.54) is 0 Å². The molecule has 4 N–H and O–H groups in total. The number of nitrogens with zero attached hydrogens (tertiary/aromatic N) is 1. The van der Waals surface area contributed by atoms with Gasteiger partial charge in [0.25, 0.3) is 0 Å². The Morgan fingerprint density at radius 1 is 1.80 bits per heavy atom. The lowest BCUT2D eigenvalue weighted by Crippen LogP contribution is -2.40. The van der Waals surface area contributed by atoms with Gasteiger partial charge in [-0.15, -0.1) is 0 Å². The second-order valence-corrected chi connectivity index (χ2v) is 2.63. The summed E-state index contributed by atoms with van der Waals surface area (Å²) in [6.45, 7) is 2.37. The number of nitrogens with two attached hydrogens (primary N) is 2. The van der Waals surface area contributed by atoms with Gasteiger partial charge in [-0.3, -0.25) is 4.99 Å². The molecular weight excluding hydrogens is 126 g/mol. The summed E-state index contributed by atoms with van der Waals surface area (Å²) in [5.74, 6) is 0. The minimum Gasteiger partial charge on any atom is -0.327 e. The zero-order chi connectivity index (χ0) is 7.61.